The van der Waals surface area contributed by atoms with Crippen molar-refractivity contribution in [3.05, 3.63) is 34.3 Å². The molecule has 1 aromatic rings. The molecule has 3 fully saturated rings. The van der Waals surface area contributed by atoms with Crippen molar-refractivity contribution in [2.75, 3.05) is 0 Å². The topological polar surface area (TPSA) is 0 Å². The third-order valence-electron chi connectivity index (χ3n) is 8.13. The first kappa shape index (κ1) is 22.1. The van der Waals surface area contributed by atoms with Crippen LogP contribution in [0.2, 0.25) is 11.8 Å². The average Bonchev–Trinajstić information content (AvgIpc) is 2.78. The van der Waals surface area contributed by atoms with Crippen molar-refractivity contribution in [3.8, 4) is 0 Å². The van der Waals surface area contributed by atoms with Crippen molar-refractivity contribution in [1.29, 1.82) is 0 Å². The molecule has 0 spiro atoms. The molecule has 1 aromatic carbocycles. The Balaban J connectivity index is 1.63. The molecule has 0 nitrogen and oxygen atoms in total. The molecule has 0 heterocycles. The van der Waals surface area contributed by atoms with Gasteiger partial charge in [0.1, 0.15) is 0 Å². The van der Waals surface area contributed by atoms with Gasteiger partial charge in [-0.25, -0.2) is 0 Å². The fourth-order valence-corrected chi connectivity index (χ4v) is 39.7. The summed E-state index contributed by atoms with van der Waals surface area (Å²) < 4.78 is 4.79. The van der Waals surface area contributed by atoms with Crippen molar-refractivity contribution >= 4 is 41.9 Å². The van der Waals surface area contributed by atoms with Crippen LogP contribution in [0.3, 0.4) is 0 Å². The Labute approximate surface area is 188 Å². The standard InChI is InChI=1S/C7H7BrS.3C6H11.Sn/c8-7-3-1-6(5-9)2-4-7;3*1-2-4-6-5-3-1;/h1-4,9H,5H2;3*1H,2-6H2;/q;;;;+1/p-1. The van der Waals surface area contributed by atoms with E-state index in [9.17, 15) is 0 Å². The molecule has 3 saturated carbocycles. The molecule has 0 N–H and O–H groups in total. The van der Waals surface area contributed by atoms with Crippen LogP contribution in [0.4, 0.5) is 0 Å². The molecular weight excluding hydrogens is 531 g/mol. The van der Waals surface area contributed by atoms with Gasteiger partial charge < -0.3 is 0 Å². The molecule has 4 rings (SSSR count). The first-order valence-electron chi connectivity index (χ1n) is 12.2. The van der Waals surface area contributed by atoms with E-state index in [1.165, 1.54) is 41.3 Å². The summed E-state index contributed by atoms with van der Waals surface area (Å²) in [4.78, 5) is 0. The Morgan fingerprint density at radius 2 is 1.04 bits per heavy atom. The molecule has 3 heteroatoms. The molecular formula is C25H39BrSSn. The summed E-state index contributed by atoms with van der Waals surface area (Å²) in [6, 6.07) is 9.29. The van der Waals surface area contributed by atoms with Gasteiger partial charge in [0, 0.05) is 0 Å². The molecule has 0 saturated heterocycles. The SMILES string of the molecule is Brc1ccc(C[S][Sn]([CH]2CCCCC2)([CH]2CCCCC2)[CH]2CCCCC2)cc1. The van der Waals surface area contributed by atoms with Gasteiger partial charge in [-0.05, 0) is 0 Å². The van der Waals surface area contributed by atoms with E-state index in [0.717, 1.165) is 0 Å². The van der Waals surface area contributed by atoms with Crippen LogP contribution in [-0.4, -0.2) is 17.0 Å². The van der Waals surface area contributed by atoms with Gasteiger partial charge in [-0.3, -0.25) is 0 Å². The van der Waals surface area contributed by atoms with Crippen LogP contribution < -0.4 is 0 Å². The molecule has 0 radical (unpaired) electrons. The Morgan fingerprint density at radius 3 is 1.43 bits per heavy atom. The van der Waals surface area contributed by atoms with Crippen LogP contribution in [0.1, 0.15) is 102 Å². The fourth-order valence-electron chi connectivity index (χ4n) is 6.80. The summed E-state index contributed by atoms with van der Waals surface area (Å²) in [5.41, 5.74) is 1.58. The fraction of sp³-hybridized carbons (Fsp3) is 0.760. The van der Waals surface area contributed by atoms with E-state index in [0.29, 0.717) is 0 Å². The Hall–Kier alpha value is 0.849. The summed E-state index contributed by atoms with van der Waals surface area (Å²) in [5.74, 6) is 1.31. The predicted octanol–water partition coefficient (Wildman–Crippen LogP) is 9.63. The second-order valence-electron chi connectivity index (χ2n) is 9.77. The Morgan fingerprint density at radius 1 is 0.643 bits per heavy atom. The summed E-state index contributed by atoms with van der Waals surface area (Å²) in [5, 5.41) is 0. The monoisotopic (exact) mass is 570 g/mol. The van der Waals surface area contributed by atoms with Gasteiger partial charge in [0.2, 0.25) is 0 Å². The molecule has 0 atom stereocenters. The van der Waals surface area contributed by atoms with Gasteiger partial charge in [-0.15, -0.1) is 0 Å². The van der Waals surface area contributed by atoms with Crippen LogP contribution in [-0.2, 0) is 5.75 Å². The van der Waals surface area contributed by atoms with Crippen molar-refractivity contribution < 1.29 is 0 Å². The molecule has 0 unspecified atom stereocenters. The van der Waals surface area contributed by atoms with E-state index in [-0.39, 0.29) is 0 Å². The Bertz CT molecular complexity index is 538. The van der Waals surface area contributed by atoms with Crippen LogP contribution in [0.5, 0.6) is 0 Å². The second-order valence-corrected chi connectivity index (χ2v) is 30.3. The zero-order chi connectivity index (χ0) is 19.2. The van der Waals surface area contributed by atoms with E-state index < -0.39 is 17.0 Å². The minimum atomic E-state index is -2.38. The Kier molecular flexibility index (Phi) is 8.61. The molecule has 0 amide bonds. The van der Waals surface area contributed by atoms with Crippen molar-refractivity contribution in [1.82, 2.24) is 0 Å². The van der Waals surface area contributed by atoms with Gasteiger partial charge in [0.15, 0.2) is 0 Å². The number of benzene rings is 1. The van der Waals surface area contributed by atoms with Crippen LogP contribution >= 0.6 is 24.9 Å². The maximum absolute atomic E-state index is 3.63. The van der Waals surface area contributed by atoms with E-state index in [1.807, 2.05) is 0 Å². The normalized spacial score (nSPS) is 23.8. The number of rotatable bonds is 6. The number of hydrogen-bond acceptors (Lipinski definition) is 1. The third kappa shape index (κ3) is 5.18. The zero-order valence-electron chi connectivity index (χ0n) is 17.6. The molecule has 156 valence electrons. The molecule has 3 aliphatic rings. The van der Waals surface area contributed by atoms with Gasteiger partial charge in [-0.2, -0.15) is 0 Å². The van der Waals surface area contributed by atoms with E-state index in [2.05, 4.69) is 49.1 Å². The predicted molar refractivity (Wildman–Crippen MR) is 132 cm³/mol. The van der Waals surface area contributed by atoms with Gasteiger partial charge >= 0.3 is 190 Å². The van der Waals surface area contributed by atoms with Gasteiger partial charge in [0.05, 0.1) is 0 Å². The van der Waals surface area contributed by atoms with Crippen molar-refractivity contribution in [2.45, 2.75) is 114 Å². The maximum atomic E-state index is 3.63. The van der Waals surface area contributed by atoms with Crippen LogP contribution in [0.15, 0.2) is 28.7 Å². The zero-order valence-corrected chi connectivity index (χ0v) is 22.9. The summed E-state index contributed by atoms with van der Waals surface area (Å²) in [7, 11) is 2.64. The number of halogens is 1. The van der Waals surface area contributed by atoms with E-state index in [1.54, 1.807) is 82.6 Å². The summed E-state index contributed by atoms with van der Waals surface area (Å²) >= 11 is 1.25. The third-order valence-corrected chi connectivity index (χ3v) is 37.7. The van der Waals surface area contributed by atoms with Crippen molar-refractivity contribution in [2.24, 2.45) is 0 Å². The van der Waals surface area contributed by atoms with Crippen LogP contribution in [0, 0.1) is 0 Å². The van der Waals surface area contributed by atoms with E-state index in [4.69, 9.17) is 0 Å². The molecule has 0 bridgehead atoms. The molecule has 0 aliphatic heterocycles. The second kappa shape index (κ2) is 10.9. The van der Waals surface area contributed by atoms with Gasteiger partial charge in [-0.1, -0.05) is 0 Å². The van der Waals surface area contributed by atoms with Gasteiger partial charge in [0.25, 0.3) is 0 Å². The first-order chi connectivity index (χ1) is 13.8. The van der Waals surface area contributed by atoms with Crippen molar-refractivity contribution in [3.63, 3.8) is 0 Å². The van der Waals surface area contributed by atoms with E-state index >= 15 is 0 Å². The molecule has 28 heavy (non-hydrogen) atoms. The quantitative estimate of drug-likeness (QED) is 0.307. The minimum absolute atomic E-state index is 1.19. The number of hydrogen-bond donors (Lipinski definition) is 0. The summed E-state index contributed by atoms with van der Waals surface area (Å²) in [6.45, 7) is 0. The molecule has 0 aromatic heterocycles. The van der Waals surface area contributed by atoms with Crippen LogP contribution in [0.25, 0.3) is 0 Å². The summed E-state index contributed by atoms with van der Waals surface area (Å²) in [6.07, 6.45) is 23.5. The molecule has 3 aliphatic carbocycles. The first-order valence-corrected chi connectivity index (χ1v) is 22.4. The average molecular weight is 570 g/mol.